The van der Waals surface area contributed by atoms with Crippen LogP contribution in [-0.2, 0) is 4.57 Å². The van der Waals surface area contributed by atoms with Gasteiger partial charge in [-0.05, 0) is 12.8 Å². The molecule has 0 amide bonds. The minimum absolute atomic E-state index is 0.377. The van der Waals surface area contributed by atoms with Crippen molar-refractivity contribution in [1.82, 2.24) is 0 Å². The Labute approximate surface area is 270 Å². The summed E-state index contributed by atoms with van der Waals surface area (Å²) in [7, 11) is -4.22. The molecule has 0 aliphatic carbocycles. The number of hydrogen-bond acceptors (Lipinski definition) is 2. The zero-order chi connectivity index (χ0) is 31.7. The van der Waals surface area contributed by atoms with Crippen LogP contribution in [0.1, 0.15) is 232 Å². The van der Waals surface area contributed by atoms with Crippen LogP contribution >= 0.6 is 7.60 Å². The second-order valence-electron chi connectivity index (χ2n) is 14.2. The first kappa shape index (κ1) is 43.1. The SMILES string of the molecule is CCCCCCCCCCCCCCCCCCC(O)(CCCCCCCCCCCCCCCCCC)CP(=O)(O)O. The van der Waals surface area contributed by atoms with Gasteiger partial charge in [0.1, 0.15) is 0 Å². The molecule has 0 atom stereocenters. The lowest BCUT2D eigenvalue weighted by atomic mass is 9.91. The normalized spacial score (nSPS) is 12.4. The van der Waals surface area contributed by atoms with Crippen LogP contribution in [0.4, 0.5) is 0 Å². The van der Waals surface area contributed by atoms with E-state index in [2.05, 4.69) is 13.8 Å². The maximum absolute atomic E-state index is 11.7. The molecule has 0 fully saturated rings. The van der Waals surface area contributed by atoms with Crippen molar-refractivity contribution in [2.75, 3.05) is 6.16 Å². The van der Waals surface area contributed by atoms with Crippen molar-refractivity contribution < 1.29 is 19.5 Å². The van der Waals surface area contributed by atoms with E-state index in [1.807, 2.05) is 0 Å². The first-order valence-corrected chi connectivity index (χ1v) is 21.4. The lowest BCUT2D eigenvalue weighted by molar-refractivity contribution is 0.0355. The zero-order valence-corrected chi connectivity index (χ0v) is 30.3. The molecule has 0 aliphatic rings. The molecule has 0 unspecified atom stereocenters. The van der Waals surface area contributed by atoms with Gasteiger partial charge in [-0.15, -0.1) is 0 Å². The first-order chi connectivity index (χ1) is 20.8. The molecule has 0 aliphatic heterocycles. The largest absolute Gasteiger partial charge is 0.389 e. The average Bonchev–Trinajstić information content (AvgIpc) is 2.96. The van der Waals surface area contributed by atoms with Crippen LogP contribution in [0.25, 0.3) is 0 Å². The number of rotatable bonds is 36. The summed E-state index contributed by atoms with van der Waals surface area (Å²) in [5.74, 6) is 0. The Hall–Kier alpha value is 0.110. The van der Waals surface area contributed by atoms with Crippen LogP contribution in [-0.4, -0.2) is 26.7 Å². The number of aliphatic hydroxyl groups is 1. The molecule has 0 saturated heterocycles. The van der Waals surface area contributed by atoms with Crippen LogP contribution in [0.3, 0.4) is 0 Å². The van der Waals surface area contributed by atoms with E-state index < -0.39 is 13.2 Å². The summed E-state index contributed by atoms with van der Waals surface area (Å²) in [4.78, 5) is 19.1. The van der Waals surface area contributed by atoms with Crippen molar-refractivity contribution in [3.05, 3.63) is 0 Å². The fourth-order valence-electron chi connectivity index (χ4n) is 6.67. The maximum Gasteiger partial charge on any atom is 0.328 e. The van der Waals surface area contributed by atoms with Crippen LogP contribution in [0.2, 0.25) is 0 Å². The second kappa shape index (κ2) is 32.1. The molecule has 260 valence electrons. The summed E-state index contributed by atoms with van der Waals surface area (Å²) in [6.07, 6.45) is 42.5. The van der Waals surface area contributed by atoms with Gasteiger partial charge in [-0.2, -0.15) is 0 Å². The van der Waals surface area contributed by atoms with Crippen LogP contribution in [0.15, 0.2) is 0 Å². The van der Waals surface area contributed by atoms with Crippen molar-refractivity contribution in [2.24, 2.45) is 0 Å². The van der Waals surface area contributed by atoms with E-state index in [4.69, 9.17) is 0 Å². The summed E-state index contributed by atoms with van der Waals surface area (Å²) >= 11 is 0. The third-order valence-electron chi connectivity index (χ3n) is 9.49. The monoisotopic (exact) mass is 631 g/mol. The lowest BCUT2D eigenvalue weighted by Gasteiger charge is -2.28. The van der Waals surface area contributed by atoms with Crippen molar-refractivity contribution in [2.45, 2.75) is 238 Å². The highest BCUT2D eigenvalue weighted by Crippen LogP contribution is 2.42. The van der Waals surface area contributed by atoms with E-state index >= 15 is 0 Å². The Morgan fingerprint density at radius 1 is 0.372 bits per heavy atom. The molecule has 0 aromatic carbocycles. The molecule has 43 heavy (non-hydrogen) atoms. The minimum atomic E-state index is -4.22. The second-order valence-corrected chi connectivity index (χ2v) is 15.8. The molecule has 0 spiro atoms. The molecule has 0 saturated carbocycles. The maximum atomic E-state index is 11.7. The smallest absolute Gasteiger partial charge is 0.328 e. The van der Waals surface area contributed by atoms with E-state index in [0.717, 1.165) is 25.7 Å². The molecule has 0 heterocycles. The quantitative estimate of drug-likeness (QED) is 0.0475. The van der Waals surface area contributed by atoms with Gasteiger partial charge in [0.2, 0.25) is 0 Å². The molecule has 0 aromatic rings. The number of hydrogen-bond donors (Lipinski definition) is 3. The average molecular weight is 631 g/mol. The van der Waals surface area contributed by atoms with Gasteiger partial charge in [0.25, 0.3) is 0 Å². The van der Waals surface area contributed by atoms with Gasteiger partial charge in [0, 0.05) is 0 Å². The standard InChI is InChI=1S/C38H79O4P/c1-3-5-7-9-11-13-15-17-19-21-23-25-27-29-31-33-35-38(39,37-43(40,41)42)36-34-32-30-28-26-24-22-20-18-16-14-12-10-8-6-4-2/h39H,3-37H2,1-2H3,(H2,40,41,42). The van der Waals surface area contributed by atoms with Crippen molar-refractivity contribution in [3.63, 3.8) is 0 Å². The van der Waals surface area contributed by atoms with Gasteiger partial charge < -0.3 is 14.9 Å². The highest BCUT2D eigenvalue weighted by molar-refractivity contribution is 7.51. The lowest BCUT2D eigenvalue weighted by Crippen LogP contribution is -2.33. The topological polar surface area (TPSA) is 77.8 Å². The molecule has 0 radical (unpaired) electrons. The third kappa shape index (κ3) is 34.8. The Morgan fingerprint density at radius 3 is 0.744 bits per heavy atom. The van der Waals surface area contributed by atoms with Gasteiger partial charge in [0.05, 0.1) is 11.8 Å². The molecule has 3 N–H and O–H groups in total. The van der Waals surface area contributed by atoms with Crippen molar-refractivity contribution in [1.29, 1.82) is 0 Å². The summed E-state index contributed by atoms with van der Waals surface area (Å²) in [6.45, 7) is 4.55. The summed E-state index contributed by atoms with van der Waals surface area (Å²) in [6, 6.07) is 0. The van der Waals surface area contributed by atoms with E-state index in [-0.39, 0.29) is 6.16 Å². The molecule has 0 bridgehead atoms. The van der Waals surface area contributed by atoms with Crippen LogP contribution < -0.4 is 0 Å². The van der Waals surface area contributed by atoms with Crippen molar-refractivity contribution >= 4 is 7.60 Å². The van der Waals surface area contributed by atoms with E-state index in [1.54, 1.807) is 0 Å². The van der Waals surface area contributed by atoms with Gasteiger partial charge in [0.15, 0.2) is 0 Å². The van der Waals surface area contributed by atoms with Gasteiger partial charge >= 0.3 is 7.60 Å². The van der Waals surface area contributed by atoms with Gasteiger partial charge in [-0.1, -0.05) is 219 Å². The summed E-state index contributed by atoms with van der Waals surface area (Å²) < 4.78 is 11.7. The Morgan fingerprint density at radius 2 is 0.558 bits per heavy atom. The van der Waals surface area contributed by atoms with E-state index in [1.165, 1.54) is 180 Å². The molecule has 0 rings (SSSR count). The van der Waals surface area contributed by atoms with E-state index in [0.29, 0.717) is 12.8 Å². The Balaban J connectivity index is 3.72. The molecule has 5 heteroatoms. The molecule has 0 aromatic heterocycles. The molecular formula is C38H79O4P. The predicted molar refractivity (Wildman–Crippen MR) is 190 cm³/mol. The van der Waals surface area contributed by atoms with E-state index in [9.17, 15) is 19.5 Å². The summed E-state index contributed by atoms with van der Waals surface area (Å²) in [5.41, 5.74) is -1.20. The highest BCUT2D eigenvalue weighted by atomic mass is 31.2. The highest BCUT2D eigenvalue weighted by Gasteiger charge is 2.33. The Kier molecular flexibility index (Phi) is 32.1. The minimum Gasteiger partial charge on any atom is -0.389 e. The molecular weight excluding hydrogens is 551 g/mol. The van der Waals surface area contributed by atoms with Crippen molar-refractivity contribution in [3.8, 4) is 0 Å². The van der Waals surface area contributed by atoms with Crippen LogP contribution in [0.5, 0.6) is 0 Å². The predicted octanol–water partition coefficient (Wildman–Crippen LogP) is 13.2. The van der Waals surface area contributed by atoms with Crippen LogP contribution in [0, 0.1) is 0 Å². The Bertz CT molecular complexity index is 554. The fraction of sp³-hybridized carbons (Fsp3) is 1.00. The van der Waals surface area contributed by atoms with Gasteiger partial charge in [-0.25, -0.2) is 0 Å². The zero-order valence-electron chi connectivity index (χ0n) is 29.4. The fourth-order valence-corrected chi connectivity index (χ4v) is 7.75. The number of unbranched alkanes of at least 4 members (excludes halogenated alkanes) is 30. The van der Waals surface area contributed by atoms with Gasteiger partial charge in [-0.3, -0.25) is 4.57 Å². The first-order valence-electron chi connectivity index (χ1n) is 19.6. The summed E-state index contributed by atoms with van der Waals surface area (Å²) in [5, 5.41) is 11.1. The third-order valence-corrected chi connectivity index (χ3v) is 10.5. The molecule has 4 nitrogen and oxygen atoms in total.